The van der Waals surface area contributed by atoms with Crippen LogP contribution >= 0.6 is 0 Å². The fourth-order valence-electron chi connectivity index (χ4n) is 4.85. The molecule has 5 rings (SSSR count). The Kier molecular flexibility index (Phi) is 9.42. The second-order valence-electron chi connectivity index (χ2n) is 10.4. The zero-order valence-electron chi connectivity index (χ0n) is 25.7. The molecule has 0 atom stereocenters. The number of fused-ring (bicyclic) bond motifs is 1. The number of aliphatic carboxylic acids is 1. The summed E-state index contributed by atoms with van der Waals surface area (Å²) in [6, 6.07) is 11.4. The first-order valence-electron chi connectivity index (χ1n) is 13.9. The first kappa shape index (κ1) is 35.2. The van der Waals surface area contributed by atoms with Crippen LogP contribution < -0.4 is 26.1 Å². The first-order chi connectivity index (χ1) is 23.5. The van der Waals surface area contributed by atoms with E-state index in [0.29, 0.717) is 22.6 Å². The van der Waals surface area contributed by atoms with Crippen molar-refractivity contribution in [3.63, 3.8) is 0 Å². The predicted molar refractivity (Wildman–Crippen MR) is 181 cm³/mol. The molecule has 0 bridgehead atoms. The number of nitrogens with zero attached hydrogens (tertiary/aromatic N) is 2. The summed E-state index contributed by atoms with van der Waals surface area (Å²) in [7, 11) is -7.09. The number of carboxylic acid groups (broad SMARTS) is 1. The van der Waals surface area contributed by atoms with E-state index in [-0.39, 0.29) is 28.3 Å². The third kappa shape index (κ3) is 7.15. The Balaban J connectivity index is 1.44. The maximum absolute atomic E-state index is 13.4. The number of allylic oxidation sites excluding steroid dienone is 4. The van der Waals surface area contributed by atoms with E-state index in [4.69, 9.17) is 15.2 Å². The predicted octanol–water partition coefficient (Wildman–Crippen LogP) is 3.01. The van der Waals surface area contributed by atoms with E-state index in [1.54, 1.807) is 30.3 Å². The highest BCUT2D eigenvalue weighted by molar-refractivity contribution is 7.91. The molecule has 3 aromatic rings. The number of hydrogen-bond donors (Lipinski definition) is 6. The number of hydrogen-bond acceptors (Lipinski definition) is 14. The molecule has 0 spiro atoms. The van der Waals surface area contributed by atoms with Gasteiger partial charge in [-0.3, -0.25) is 29.5 Å². The number of carboxylic acids is 1. The van der Waals surface area contributed by atoms with Crippen molar-refractivity contribution in [2.45, 2.75) is 4.90 Å². The summed E-state index contributed by atoms with van der Waals surface area (Å²) in [5.41, 5.74) is 11.1. The van der Waals surface area contributed by atoms with Crippen LogP contribution in [0.3, 0.4) is 0 Å². The summed E-state index contributed by atoms with van der Waals surface area (Å²) in [5.74, 6) is -2.55. The van der Waals surface area contributed by atoms with Gasteiger partial charge in [-0.1, -0.05) is 12.1 Å². The van der Waals surface area contributed by atoms with Crippen molar-refractivity contribution in [3.05, 3.63) is 88.4 Å². The van der Waals surface area contributed by atoms with Gasteiger partial charge in [0.2, 0.25) is 5.78 Å². The second kappa shape index (κ2) is 13.4. The summed E-state index contributed by atoms with van der Waals surface area (Å²) in [5, 5.41) is 17.2. The molecule has 17 nitrogen and oxygen atoms in total. The van der Waals surface area contributed by atoms with Crippen LogP contribution in [0.1, 0.15) is 15.9 Å². The quantitative estimate of drug-likeness (QED) is 0.0577. The number of rotatable bonds is 10. The van der Waals surface area contributed by atoms with Gasteiger partial charge in [0.15, 0.2) is 11.5 Å². The van der Waals surface area contributed by atoms with Crippen molar-refractivity contribution in [2.75, 3.05) is 30.8 Å². The Bertz CT molecular complexity index is 2380. The molecule has 0 fully saturated rings. The minimum atomic E-state index is -5.09. The molecule has 19 heteroatoms. The lowest BCUT2D eigenvalue weighted by molar-refractivity contribution is -0.134. The number of nitrogens with two attached hydrogens (primary N) is 1. The van der Waals surface area contributed by atoms with Crippen molar-refractivity contribution in [1.82, 2.24) is 0 Å². The number of hydrazone groups is 2. The standard InChI is InChI=1S/C31H25N5O12S2/c1-47-25-10-15(3-6-22(25)34-33-18-5-8-24(37)20(13-18)31(39)40)16-4-7-23(26(11-16)48-2)35-36-29-27(50(44,45)46)12-17-9-19(49(41,42)43)14-21(32)28(17)30(29)38/h3-14,34-35H,32H2,1-2H3,(H,39,40)(H,41,42,43)(H,44,45,46)/b33-18-,36-29+. The molecule has 0 saturated carbocycles. The van der Waals surface area contributed by atoms with Crippen LogP contribution in [-0.2, 0) is 29.8 Å². The molecular formula is C31H25N5O12S2. The number of nitrogen functional groups attached to an aromatic ring is 1. The number of ketones is 2. The lowest BCUT2D eigenvalue weighted by atomic mass is 9.93. The van der Waals surface area contributed by atoms with E-state index < -0.39 is 64.5 Å². The lowest BCUT2D eigenvalue weighted by Crippen LogP contribution is -2.28. The van der Waals surface area contributed by atoms with Crippen LogP contribution in [0.15, 0.2) is 92.3 Å². The van der Waals surface area contributed by atoms with E-state index in [2.05, 4.69) is 21.1 Å². The maximum atomic E-state index is 13.4. The Hall–Kier alpha value is -6.15. The van der Waals surface area contributed by atoms with Gasteiger partial charge in [-0.05, 0) is 77.4 Å². The molecule has 3 aromatic carbocycles. The molecule has 0 saturated heterocycles. The van der Waals surface area contributed by atoms with Crippen LogP contribution in [0.2, 0.25) is 0 Å². The molecular weight excluding hydrogens is 698 g/mol. The summed E-state index contributed by atoms with van der Waals surface area (Å²) >= 11 is 0. The molecule has 0 aromatic heterocycles. The van der Waals surface area contributed by atoms with Crippen LogP contribution in [0.5, 0.6) is 11.5 Å². The van der Waals surface area contributed by atoms with Crippen LogP contribution in [0.25, 0.3) is 17.2 Å². The monoisotopic (exact) mass is 723 g/mol. The summed E-state index contributed by atoms with van der Waals surface area (Å²) in [6.07, 6.45) is 4.38. The van der Waals surface area contributed by atoms with Crippen molar-refractivity contribution in [1.29, 1.82) is 0 Å². The Morgan fingerprint density at radius 1 is 0.800 bits per heavy atom. The molecule has 0 aliphatic heterocycles. The minimum absolute atomic E-state index is 0.167. The molecule has 2 aliphatic rings. The number of benzene rings is 3. The zero-order chi connectivity index (χ0) is 36.5. The third-order valence-electron chi connectivity index (χ3n) is 7.23. The van der Waals surface area contributed by atoms with Gasteiger partial charge < -0.3 is 20.3 Å². The zero-order valence-corrected chi connectivity index (χ0v) is 27.4. The van der Waals surface area contributed by atoms with Crippen molar-refractivity contribution >= 4 is 72.3 Å². The normalized spacial score (nSPS) is 16.1. The Morgan fingerprint density at radius 3 is 1.90 bits per heavy atom. The van der Waals surface area contributed by atoms with Gasteiger partial charge in [0, 0.05) is 5.69 Å². The second-order valence-corrected chi connectivity index (χ2v) is 13.2. The smallest absolute Gasteiger partial charge is 0.339 e. The molecule has 50 heavy (non-hydrogen) atoms. The van der Waals surface area contributed by atoms with Gasteiger partial charge in [-0.2, -0.15) is 27.0 Å². The van der Waals surface area contributed by atoms with Gasteiger partial charge in [-0.25, -0.2) is 4.79 Å². The minimum Gasteiger partial charge on any atom is -0.494 e. The van der Waals surface area contributed by atoms with Gasteiger partial charge in [0.25, 0.3) is 20.2 Å². The molecule has 0 unspecified atom stereocenters. The van der Waals surface area contributed by atoms with E-state index in [0.717, 1.165) is 30.4 Å². The largest absolute Gasteiger partial charge is 0.494 e. The molecule has 258 valence electrons. The van der Waals surface area contributed by atoms with E-state index in [1.807, 2.05) is 0 Å². The van der Waals surface area contributed by atoms with Crippen molar-refractivity contribution < 1.29 is 54.9 Å². The fraction of sp³-hybridized carbons (Fsp3) is 0.0645. The number of ether oxygens (including phenoxy) is 2. The number of methoxy groups -OCH3 is 2. The maximum Gasteiger partial charge on any atom is 0.339 e. The van der Waals surface area contributed by atoms with E-state index in [1.165, 1.54) is 26.4 Å². The van der Waals surface area contributed by atoms with Crippen LogP contribution in [-0.4, -0.2) is 74.2 Å². The van der Waals surface area contributed by atoms with Gasteiger partial charge in [-0.15, -0.1) is 0 Å². The van der Waals surface area contributed by atoms with Gasteiger partial charge >= 0.3 is 5.97 Å². The van der Waals surface area contributed by atoms with E-state index >= 15 is 0 Å². The first-order valence-corrected chi connectivity index (χ1v) is 16.8. The summed E-state index contributed by atoms with van der Waals surface area (Å²) in [4.78, 5) is 34.7. The highest BCUT2D eigenvalue weighted by Crippen LogP contribution is 2.36. The molecule has 0 amide bonds. The lowest BCUT2D eigenvalue weighted by Gasteiger charge is -2.19. The highest BCUT2D eigenvalue weighted by Gasteiger charge is 2.35. The fourth-order valence-corrected chi connectivity index (χ4v) is 6.06. The average Bonchev–Trinajstić information content (AvgIpc) is 3.06. The number of carbonyl (C=O) groups excluding carboxylic acids is 2. The Morgan fingerprint density at radius 2 is 1.38 bits per heavy atom. The summed E-state index contributed by atoms with van der Waals surface area (Å²) < 4.78 is 78.0. The molecule has 2 aliphatic carbocycles. The number of Topliss-reactive ketones (excluding diaryl/α,β-unsaturated/α-hetero) is 1. The number of carbonyl (C=O) groups is 3. The van der Waals surface area contributed by atoms with Crippen molar-refractivity contribution in [2.24, 2.45) is 10.2 Å². The number of nitrogens with one attached hydrogen (secondary N) is 2. The van der Waals surface area contributed by atoms with Crippen LogP contribution in [0, 0.1) is 0 Å². The van der Waals surface area contributed by atoms with Crippen LogP contribution in [0.4, 0.5) is 17.1 Å². The molecule has 0 heterocycles. The Labute approximate surface area is 283 Å². The topological polar surface area (TPSA) is 273 Å². The molecule has 0 radical (unpaired) electrons. The number of anilines is 3. The third-order valence-corrected chi connectivity index (χ3v) is 8.93. The average molecular weight is 724 g/mol. The van der Waals surface area contributed by atoms with Gasteiger partial charge in [0.1, 0.15) is 22.0 Å². The highest BCUT2D eigenvalue weighted by atomic mass is 32.2. The van der Waals surface area contributed by atoms with Crippen molar-refractivity contribution in [3.8, 4) is 22.6 Å². The van der Waals surface area contributed by atoms with E-state index in [9.17, 15) is 45.4 Å². The SMILES string of the molecule is COc1cc(-c2ccc(N/N=C3/C(=O)c4c(N)cc(S(=O)(=O)O)cc4C=C3S(=O)(=O)O)c(OC)c2)ccc1N/N=C1/C=CC(=O)C(C(=O)O)=C1. The summed E-state index contributed by atoms with van der Waals surface area (Å²) in [6.45, 7) is 0. The molecule has 7 N–H and O–H groups in total. The van der Waals surface area contributed by atoms with Gasteiger partial charge in [0.05, 0.1) is 41.8 Å².